The first-order valence-electron chi connectivity index (χ1n) is 6.63. The molecule has 0 aliphatic carbocycles. The van der Waals surface area contributed by atoms with Crippen LogP contribution < -0.4 is 0 Å². The van der Waals surface area contributed by atoms with E-state index in [1.807, 2.05) is 42.2 Å². The van der Waals surface area contributed by atoms with Crippen LogP contribution in [0.4, 0.5) is 0 Å². The molecular weight excluding hydrogens is 256 g/mol. The Morgan fingerprint density at radius 2 is 2.10 bits per heavy atom. The van der Waals surface area contributed by atoms with E-state index in [1.165, 1.54) is 0 Å². The van der Waals surface area contributed by atoms with Crippen molar-refractivity contribution < 1.29 is 14.3 Å². The Balaban J connectivity index is 2.06. The van der Waals surface area contributed by atoms with E-state index in [2.05, 4.69) is 4.98 Å². The molecule has 0 amide bonds. The zero-order chi connectivity index (χ0) is 14.4. The number of carboxylic acid groups (broad SMARTS) is 1. The topological polar surface area (TPSA) is 66.6 Å². The summed E-state index contributed by atoms with van der Waals surface area (Å²) in [4.78, 5) is 17.1. The Bertz CT molecular complexity index is 551. The highest BCUT2D eigenvalue weighted by molar-refractivity contribution is 5.69. The van der Waals surface area contributed by atoms with Crippen LogP contribution in [0, 0.1) is 0 Å². The molecule has 0 fully saturated rings. The molecule has 20 heavy (non-hydrogen) atoms. The maximum atomic E-state index is 10.8. The van der Waals surface area contributed by atoms with Gasteiger partial charge in [0, 0.05) is 12.1 Å². The Kier molecular flexibility index (Phi) is 4.90. The second kappa shape index (κ2) is 6.86. The molecule has 2 rings (SSSR count). The van der Waals surface area contributed by atoms with Crippen LogP contribution in [0.1, 0.15) is 19.0 Å². The first-order chi connectivity index (χ1) is 9.69. The normalized spacial score (nSPS) is 10.9. The van der Waals surface area contributed by atoms with Crippen molar-refractivity contribution in [2.45, 2.75) is 19.9 Å². The molecule has 0 radical (unpaired) electrons. The molecule has 5 heteroatoms. The second-order valence-corrected chi connectivity index (χ2v) is 4.61. The molecule has 1 heterocycles. The molecule has 2 aromatic rings. The second-order valence-electron chi connectivity index (χ2n) is 4.61. The van der Waals surface area contributed by atoms with Crippen LogP contribution in [-0.2, 0) is 11.3 Å². The van der Waals surface area contributed by atoms with Gasteiger partial charge < -0.3 is 9.52 Å². The third-order valence-electron chi connectivity index (χ3n) is 2.86. The number of carbonyl (C=O) groups is 1. The predicted molar refractivity (Wildman–Crippen MR) is 75.1 cm³/mol. The largest absolute Gasteiger partial charge is 0.480 e. The number of aromatic nitrogens is 1. The van der Waals surface area contributed by atoms with Gasteiger partial charge in [0.2, 0.25) is 5.89 Å². The lowest BCUT2D eigenvalue weighted by Gasteiger charge is -2.17. The van der Waals surface area contributed by atoms with Gasteiger partial charge in [0.15, 0.2) is 0 Å². The van der Waals surface area contributed by atoms with Gasteiger partial charge in [0.05, 0.1) is 12.2 Å². The summed E-state index contributed by atoms with van der Waals surface area (Å²) in [5, 5.41) is 8.89. The highest BCUT2D eigenvalue weighted by atomic mass is 16.4. The zero-order valence-electron chi connectivity index (χ0n) is 11.5. The molecule has 0 unspecified atom stereocenters. The van der Waals surface area contributed by atoms with Gasteiger partial charge >= 0.3 is 5.97 Å². The smallest absolute Gasteiger partial charge is 0.317 e. The Labute approximate surface area is 117 Å². The van der Waals surface area contributed by atoms with E-state index < -0.39 is 5.97 Å². The molecule has 0 saturated heterocycles. The lowest BCUT2D eigenvalue weighted by Crippen LogP contribution is -2.30. The first-order valence-corrected chi connectivity index (χ1v) is 6.63. The third kappa shape index (κ3) is 3.93. The van der Waals surface area contributed by atoms with E-state index in [-0.39, 0.29) is 6.54 Å². The summed E-state index contributed by atoms with van der Waals surface area (Å²) in [6.07, 6.45) is 2.49. The summed E-state index contributed by atoms with van der Waals surface area (Å²) in [5.74, 6) is -0.266. The fourth-order valence-electron chi connectivity index (χ4n) is 2.04. The van der Waals surface area contributed by atoms with Gasteiger partial charge in [-0.1, -0.05) is 25.1 Å². The summed E-state index contributed by atoms with van der Waals surface area (Å²) < 4.78 is 5.45. The summed E-state index contributed by atoms with van der Waals surface area (Å²) in [5.41, 5.74) is 1.66. The number of rotatable bonds is 7. The number of benzene rings is 1. The van der Waals surface area contributed by atoms with E-state index in [1.54, 1.807) is 6.26 Å². The van der Waals surface area contributed by atoms with Crippen LogP contribution >= 0.6 is 0 Å². The molecule has 0 spiro atoms. The molecule has 1 aromatic heterocycles. The van der Waals surface area contributed by atoms with E-state index in [4.69, 9.17) is 9.52 Å². The standard InChI is InChI=1S/C15H18N2O3/c1-2-8-17(10-14(18)19)9-13-11-20-15(16-13)12-6-4-3-5-7-12/h3-7,11H,2,8-10H2,1H3,(H,18,19). The van der Waals surface area contributed by atoms with Gasteiger partial charge in [-0.25, -0.2) is 4.98 Å². The summed E-state index contributed by atoms with van der Waals surface area (Å²) in [6.45, 7) is 3.24. The fraction of sp³-hybridized carbons (Fsp3) is 0.333. The number of hydrogen-bond acceptors (Lipinski definition) is 4. The van der Waals surface area contributed by atoms with Crippen molar-refractivity contribution in [2.24, 2.45) is 0 Å². The molecule has 0 aliphatic rings. The lowest BCUT2D eigenvalue weighted by molar-refractivity contribution is -0.138. The Hall–Kier alpha value is -2.14. The van der Waals surface area contributed by atoms with Crippen LogP contribution in [0.25, 0.3) is 11.5 Å². The average molecular weight is 274 g/mol. The van der Waals surface area contributed by atoms with Crippen molar-refractivity contribution in [2.75, 3.05) is 13.1 Å². The molecule has 1 aromatic carbocycles. The van der Waals surface area contributed by atoms with Crippen LogP contribution in [0.15, 0.2) is 41.0 Å². The summed E-state index contributed by atoms with van der Waals surface area (Å²) >= 11 is 0. The third-order valence-corrected chi connectivity index (χ3v) is 2.86. The zero-order valence-corrected chi connectivity index (χ0v) is 11.5. The number of oxazole rings is 1. The maximum Gasteiger partial charge on any atom is 0.317 e. The molecule has 0 atom stereocenters. The van der Waals surface area contributed by atoms with Crippen molar-refractivity contribution in [3.63, 3.8) is 0 Å². The van der Waals surface area contributed by atoms with Gasteiger partial charge in [-0.15, -0.1) is 0 Å². The van der Waals surface area contributed by atoms with Crippen molar-refractivity contribution in [1.29, 1.82) is 0 Å². The van der Waals surface area contributed by atoms with Crippen molar-refractivity contribution >= 4 is 5.97 Å². The van der Waals surface area contributed by atoms with Gasteiger partial charge in [0.25, 0.3) is 0 Å². The van der Waals surface area contributed by atoms with Crippen molar-refractivity contribution in [3.05, 3.63) is 42.3 Å². The number of aliphatic carboxylic acids is 1. The first kappa shape index (κ1) is 14.3. The van der Waals surface area contributed by atoms with Crippen LogP contribution in [0.3, 0.4) is 0 Å². The predicted octanol–water partition coefficient (Wildman–Crippen LogP) is 2.64. The number of carboxylic acids is 1. The number of nitrogens with zero attached hydrogens (tertiary/aromatic N) is 2. The van der Waals surface area contributed by atoms with Crippen LogP contribution in [0.5, 0.6) is 0 Å². The molecular formula is C15H18N2O3. The van der Waals surface area contributed by atoms with Gasteiger partial charge in [-0.05, 0) is 25.1 Å². The minimum atomic E-state index is -0.828. The fourth-order valence-corrected chi connectivity index (χ4v) is 2.04. The van der Waals surface area contributed by atoms with Gasteiger partial charge in [-0.3, -0.25) is 9.69 Å². The number of hydrogen-bond donors (Lipinski definition) is 1. The van der Waals surface area contributed by atoms with Gasteiger partial charge in [-0.2, -0.15) is 0 Å². The SMILES string of the molecule is CCCN(CC(=O)O)Cc1coc(-c2ccccc2)n1. The highest BCUT2D eigenvalue weighted by Crippen LogP contribution is 2.18. The summed E-state index contributed by atoms with van der Waals surface area (Å²) in [6, 6.07) is 9.64. The Morgan fingerprint density at radius 1 is 1.35 bits per heavy atom. The van der Waals surface area contributed by atoms with Crippen LogP contribution in [0.2, 0.25) is 0 Å². The molecule has 0 aliphatic heterocycles. The highest BCUT2D eigenvalue weighted by Gasteiger charge is 2.13. The van der Waals surface area contributed by atoms with Gasteiger partial charge in [0.1, 0.15) is 6.26 Å². The molecule has 106 valence electrons. The van der Waals surface area contributed by atoms with E-state index in [0.29, 0.717) is 12.4 Å². The molecule has 0 bridgehead atoms. The van der Waals surface area contributed by atoms with E-state index >= 15 is 0 Å². The lowest BCUT2D eigenvalue weighted by atomic mass is 10.2. The van der Waals surface area contributed by atoms with E-state index in [9.17, 15) is 4.79 Å². The molecule has 0 saturated carbocycles. The Morgan fingerprint density at radius 3 is 2.75 bits per heavy atom. The summed E-state index contributed by atoms with van der Waals surface area (Å²) in [7, 11) is 0. The monoisotopic (exact) mass is 274 g/mol. The molecule has 5 nitrogen and oxygen atoms in total. The maximum absolute atomic E-state index is 10.8. The average Bonchev–Trinajstić information content (AvgIpc) is 2.88. The van der Waals surface area contributed by atoms with Crippen LogP contribution in [-0.4, -0.2) is 34.0 Å². The van der Waals surface area contributed by atoms with Crippen molar-refractivity contribution in [1.82, 2.24) is 9.88 Å². The van der Waals surface area contributed by atoms with Crippen molar-refractivity contribution in [3.8, 4) is 11.5 Å². The van der Waals surface area contributed by atoms with E-state index in [0.717, 1.165) is 24.2 Å². The minimum Gasteiger partial charge on any atom is -0.480 e. The molecule has 1 N–H and O–H groups in total. The quantitative estimate of drug-likeness (QED) is 0.840. The minimum absolute atomic E-state index is 0.0152.